The van der Waals surface area contributed by atoms with Crippen LogP contribution in [0, 0.1) is 12.3 Å². The standard InChI is InChI=1S/C22H28N2O4/c1-13-6-7-16-15(12-13)14-8-11-24(20(27)28-21(2,3)4)18(17(14)23-16)22(19(25)26)9-5-10-22/h6-7,12,18,23H,5,8-11H2,1-4H3,(H,25,26). The third kappa shape index (κ3) is 2.86. The summed E-state index contributed by atoms with van der Waals surface area (Å²) >= 11 is 0. The van der Waals surface area contributed by atoms with Gasteiger partial charge >= 0.3 is 12.1 Å². The van der Waals surface area contributed by atoms with E-state index in [1.165, 1.54) is 0 Å². The molecule has 28 heavy (non-hydrogen) atoms. The fourth-order valence-corrected chi connectivity index (χ4v) is 4.66. The monoisotopic (exact) mass is 384 g/mol. The molecule has 1 atom stereocenters. The number of aryl methyl sites for hydroxylation is 1. The van der Waals surface area contributed by atoms with Crippen LogP contribution in [0.1, 0.15) is 62.9 Å². The quantitative estimate of drug-likeness (QED) is 0.795. The number of ether oxygens (including phenoxy) is 1. The van der Waals surface area contributed by atoms with Crippen LogP contribution in [0.15, 0.2) is 18.2 Å². The number of carbonyl (C=O) groups is 2. The summed E-state index contributed by atoms with van der Waals surface area (Å²) in [6.45, 7) is 8.01. The molecular weight excluding hydrogens is 356 g/mol. The predicted molar refractivity (Wildman–Crippen MR) is 106 cm³/mol. The summed E-state index contributed by atoms with van der Waals surface area (Å²) in [6, 6.07) is 5.68. The van der Waals surface area contributed by atoms with Crippen LogP contribution in [0.2, 0.25) is 0 Å². The first-order valence-corrected chi connectivity index (χ1v) is 9.96. The molecule has 1 aliphatic heterocycles. The number of aromatic nitrogens is 1. The van der Waals surface area contributed by atoms with Gasteiger partial charge < -0.3 is 14.8 Å². The van der Waals surface area contributed by atoms with Crippen LogP contribution in [0.4, 0.5) is 4.79 Å². The largest absolute Gasteiger partial charge is 0.481 e. The molecular formula is C22H28N2O4. The van der Waals surface area contributed by atoms with Gasteiger partial charge in [-0.2, -0.15) is 0 Å². The lowest BCUT2D eigenvalue weighted by Crippen LogP contribution is -2.55. The Balaban J connectivity index is 1.85. The van der Waals surface area contributed by atoms with E-state index in [0.717, 1.165) is 34.1 Å². The van der Waals surface area contributed by atoms with Gasteiger partial charge in [-0.05, 0) is 64.7 Å². The molecule has 2 aliphatic rings. The maximum absolute atomic E-state index is 13.0. The zero-order chi connectivity index (χ0) is 20.3. The minimum atomic E-state index is -0.956. The van der Waals surface area contributed by atoms with E-state index < -0.39 is 29.1 Å². The number of hydrogen-bond donors (Lipinski definition) is 2. The van der Waals surface area contributed by atoms with Crippen molar-refractivity contribution < 1.29 is 19.4 Å². The number of hydrogen-bond acceptors (Lipinski definition) is 3. The van der Waals surface area contributed by atoms with Crippen LogP contribution < -0.4 is 0 Å². The Hall–Kier alpha value is -2.50. The number of benzene rings is 1. The van der Waals surface area contributed by atoms with Crippen LogP contribution in [-0.4, -0.2) is 39.2 Å². The predicted octanol–water partition coefficient (Wildman–Crippen LogP) is 4.57. The first kappa shape index (κ1) is 18.8. The Kier molecular flexibility index (Phi) is 4.21. The van der Waals surface area contributed by atoms with Crippen molar-refractivity contribution >= 4 is 23.0 Å². The maximum atomic E-state index is 13.0. The Morgan fingerprint density at radius 2 is 2.00 bits per heavy atom. The molecule has 1 aliphatic carbocycles. The number of carbonyl (C=O) groups excluding carboxylic acids is 1. The summed E-state index contributed by atoms with van der Waals surface area (Å²) in [5, 5.41) is 11.2. The molecule has 6 nitrogen and oxygen atoms in total. The molecule has 1 aromatic carbocycles. The third-order valence-electron chi connectivity index (χ3n) is 6.11. The summed E-state index contributed by atoms with van der Waals surface area (Å²) in [5.41, 5.74) is 2.57. The number of rotatable bonds is 2. The second-order valence-corrected chi connectivity index (χ2v) is 9.21. The second-order valence-electron chi connectivity index (χ2n) is 9.21. The highest BCUT2D eigenvalue weighted by atomic mass is 16.6. The lowest BCUT2D eigenvalue weighted by atomic mass is 9.61. The number of carboxylic acids is 1. The summed E-state index contributed by atoms with van der Waals surface area (Å²) in [7, 11) is 0. The highest BCUT2D eigenvalue weighted by Gasteiger charge is 2.57. The van der Waals surface area contributed by atoms with Crippen molar-refractivity contribution in [3.8, 4) is 0 Å². The van der Waals surface area contributed by atoms with Gasteiger partial charge in [0.2, 0.25) is 0 Å². The highest BCUT2D eigenvalue weighted by molar-refractivity contribution is 5.87. The van der Waals surface area contributed by atoms with Gasteiger partial charge in [0.05, 0.1) is 11.5 Å². The minimum Gasteiger partial charge on any atom is -0.481 e. The van der Waals surface area contributed by atoms with E-state index in [1.54, 1.807) is 4.90 Å². The molecule has 0 bridgehead atoms. The van der Waals surface area contributed by atoms with Gasteiger partial charge in [-0.25, -0.2) is 4.79 Å². The maximum Gasteiger partial charge on any atom is 0.410 e. The summed E-state index contributed by atoms with van der Waals surface area (Å²) in [4.78, 5) is 30.5. The molecule has 0 saturated heterocycles. The molecule has 2 N–H and O–H groups in total. The Morgan fingerprint density at radius 1 is 1.29 bits per heavy atom. The zero-order valence-corrected chi connectivity index (χ0v) is 17.0. The number of amides is 1. The van der Waals surface area contributed by atoms with Crippen LogP contribution in [0.3, 0.4) is 0 Å². The SMILES string of the molecule is Cc1ccc2[nH]c3c(c2c1)CCN(C(=O)OC(C)(C)C)C3C1(C(=O)O)CCC1. The average molecular weight is 384 g/mol. The van der Waals surface area contributed by atoms with Crippen molar-refractivity contribution in [3.05, 3.63) is 35.0 Å². The van der Waals surface area contributed by atoms with E-state index in [0.29, 0.717) is 25.8 Å². The number of fused-ring (bicyclic) bond motifs is 3. The van der Waals surface area contributed by atoms with Crippen molar-refractivity contribution in [1.82, 2.24) is 9.88 Å². The molecule has 150 valence electrons. The Bertz CT molecular complexity index is 949. The summed E-state index contributed by atoms with van der Waals surface area (Å²) in [6.07, 6.45) is 2.25. The molecule has 1 saturated carbocycles. The zero-order valence-electron chi connectivity index (χ0n) is 17.0. The summed E-state index contributed by atoms with van der Waals surface area (Å²) < 4.78 is 5.64. The molecule has 1 aromatic heterocycles. The highest BCUT2D eigenvalue weighted by Crippen LogP contribution is 2.55. The molecule has 2 aromatic rings. The van der Waals surface area contributed by atoms with Crippen LogP contribution >= 0.6 is 0 Å². The molecule has 6 heteroatoms. The minimum absolute atomic E-state index is 0.439. The number of aromatic amines is 1. The van der Waals surface area contributed by atoms with Crippen molar-refractivity contribution in [2.45, 2.75) is 65.0 Å². The van der Waals surface area contributed by atoms with Crippen molar-refractivity contribution in [1.29, 1.82) is 0 Å². The van der Waals surface area contributed by atoms with Gasteiger partial charge in [-0.15, -0.1) is 0 Å². The topological polar surface area (TPSA) is 82.6 Å². The van der Waals surface area contributed by atoms with Gasteiger partial charge in [0.15, 0.2) is 0 Å². The lowest BCUT2D eigenvalue weighted by molar-refractivity contribution is -0.162. The van der Waals surface area contributed by atoms with Crippen LogP contribution in [-0.2, 0) is 16.0 Å². The molecule has 0 radical (unpaired) electrons. The van der Waals surface area contributed by atoms with Gasteiger partial charge in [-0.1, -0.05) is 18.1 Å². The first-order valence-electron chi connectivity index (χ1n) is 9.96. The molecule has 0 spiro atoms. The summed E-state index contributed by atoms with van der Waals surface area (Å²) in [5.74, 6) is -0.833. The number of H-pyrrole nitrogens is 1. The van der Waals surface area contributed by atoms with Gasteiger partial charge in [-0.3, -0.25) is 9.69 Å². The van der Waals surface area contributed by atoms with Crippen LogP contribution in [0.5, 0.6) is 0 Å². The van der Waals surface area contributed by atoms with Crippen molar-refractivity contribution in [2.75, 3.05) is 6.54 Å². The second kappa shape index (κ2) is 6.26. The molecule has 1 unspecified atom stereocenters. The molecule has 2 heterocycles. The van der Waals surface area contributed by atoms with Crippen LogP contribution in [0.25, 0.3) is 10.9 Å². The smallest absolute Gasteiger partial charge is 0.410 e. The fourth-order valence-electron chi connectivity index (χ4n) is 4.66. The number of nitrogens with one attached hydrogen (secondary N) is 1. The third-order valence-corrected chi connectivity index (χ3v) is 6.11. The normalized spacial score (nSPS) is 21.1. The van der Waals surface area contributed by atoms with E-state index in [-0.39, 0.29) is 0 Å². The Labute approximate surface area is 164 Å². The van der Waals surface area contributed by atoms with E-state index in [1.807, 2.05) is 32.9 Å². The van der Waals surface area contributed by atoms with Gasteiger partial charge in [0.25, 0.3) is 0 Å². The fraction of sp³-hybridized carbons (Fsp3) is 0.545. The van der Waals surface area contributed by atoms with Gasteiger partial charge in [0, 0.05) is 23.1 Å². The molecule has 1 amide bonds. The van der Waals surface area contributed by atoms with Crippen molar-refractivity contribution in [2.24, 2.45) is 5.41 Å². The van der Waals surface area contributed by atoms with Crippen molar-refractivity contribution in [3.63, 3.8) is 0 Å². The Morgan fingerprint density at radius 3 is 2.57 bits per heavy atom. The van der Waals surface area contributed by atoms with Gasteiger partial charge in [0.1, 0.15) is 5.60 Å². The van der Waals surface area contributed by atoms with E-state index in [2.05, 4.69) is 18.0 Å². The number of nitrogens with zero attached hydrogens (tertiary/aromatic N) is 1. The number of aliphatic carboxylic acids is 1. The lowest BCUT2D eigenvalue weighted by Gasteiger charge is -2.50. The number of carboxylic acid groups (broad SMARTS) is 1. The van der Waals surface area contributed by atoms with E-state index >= 15 is 0 Å². The molecule has 1 fully saturated rings. The average Bonchev–Trinajstić information content (AvgIpc) is 2.90. The first-order chi connectivity index (χ1) is 13.1. The van der Waals surface area contributed by atoms with E-state index in [4.69, 9.17) is 4.74 Å². The van der Waals surface area contributed by atoms with E-state index in [9.17, 15) is 14.7 Å². The molecule has 4 rings (SSSR count).